The predicted molar refractivity (Wildman–Crippen MR) is 102 cm³/mol. The highest BCUT2D eigenvalue weighted by Crippen LogP contribution is 2.11. The van der Waals surface area contributed by atoms with Crippen LogP contribution in [0, 0.1) is 0 Å². The highest BCUT2D eigenvalue weighted by molar-refractivity contribution is 7.89. The average Bonchev–Trinajstić information content (AvgIpc) is 2.66. The fourth-order valence-corrected chi connectivity index (χ4v) is 2.76. The van der Waals surface area contributed by atoms with Gasteiger partial charge in [0.1, 0.15) is 5.75 Å². The van der Waals surface area contributed by atoms with Gasteiger partial charge in [0.2, 0.25) is 10.0 Å². The first-order chi connectivity index (χ1) is 13.3. The van der Waals surface area contributed by atoms with Crippen molar-refractivity contribution in [3.8, 4) is 5.75 Å². The third-order valence-corrected chi connectivity index (χ3v) is 4.65. The molecule has 0 unspecified atom stereocenters. The van der Waals surface area contributed by atoms with Crippen LogP contribution in [0.4, 0.5) is 0 Å². The minimum Gasteiger partial charge on any atom is -0.479 e. The number of para-hydroxylation sites is 1. The summed E-state index contributed by atoms with van der Waals surface area (Å²) in [5.41, 5.74) is 0.828. The van der Waals surface area contributed by atoms with Crippen LogP contribution in [0.5, 0.6) is 5.75 Å². The van der Waals surface area contributed by atoms with E-state index in [0.717, 1.165) is 5.56 Å². The zero-order valence-corrected chi connectivity index (χ0v) is 16.1. The van der Waals surface area contributed by atoms with E-state index in [-0.39, 0.29) is 4.90 Å². The molecule has 0 saturated heterocycles. The van der Waals surface area contributed by atoms with Gasteiger partial charge in [0.05, 0.1) is 4.90 Å². The molecule has 0 spiro atoms. The summed E-state index contributed by atoms with van der Waals surface area (Å²) in [7, 11) is -3.72. The lowest BCUT2D eigenvalue weighted by Crippen LogP contribution is -2.33. The van der Waals surface area contributed by atoms with Crippen molar-refractivity contribution in [3.05, 3.63) is 60.2 Å². The number of sulfonamides is 1. The molecule has 0 bridgehead atoms. The largest absolute Gasteiger partial charge is 0.479 e. The summed E-state index contributed by atoms with van der Waals surface area (Å²) in [4.78, 5) is 23.7. The Balaban J connectivity index is 1.69. The number of nitrogens with two attached hydrogens (primary N) is 1. The first-order valence-corrected chi connectivity index (χ1v) is 10.1. The number of primary sulfonamides is 1. The third-order valence-electron chi connectivity index (χ3n) is 3.72. The molecule has 0 fully saturated rings. The molecule has 2 aromatic carbocycles. The number of esters is 1. The SMILES string of the molecule is C[C@@H](Oc1ccccc1)C(=O)OCC(=O)NCCc1ccc(S(N)(=O)=O)cc1. The van der Waals surface area contributed by atoms with E-state index in [4.69, 9.17) is 14.6 Å². The molecule has 150 valence electrons. The molecule has 0 aliphatic carbocycles. The van der Waals surface area contributed by atoms with Crippen molar-refractivity contribution in [2.45, 2.75) is 24.3 Å². The smallest absolute Gasteiger partial charge is 0.347 e. The van der Waals surface area contributed by atoms with E-state index in [9.17, 15) is 18.0 Å². The van der Waals surface area contributed by atoms with E-state index in [2.05, 4.69) is 5.32 Å². The second kappa shape index (κ2) is 9.86. The first-order valence-electron chi connectivity index (χ1n) is 8.52. The summed E-state index contributed by atoms with van der Waals surface area (Å²) in [6, 6.07) is 14.9. The van der Waals surface area contributed by atoms with E-state index in [1.54, 1.807) is 43.3 Å². The van der Waals surface area contributed by atoms with Crippen LogP contribution in [0.3, 0.4) is 0 Å². The van der Waals surface area contributed by atoms with Crippen LogP contribution in [-0.2, 0) is 30.8 Å². The van der Waals surface area contributed by atoms with Crippen LogP contribution in [0.1, 0.15) is 12.5 Å². The Morgan fingerprint density at radius 2 is 1.71 bits per heavy atom. The zero-order valence-electron chi connectivity index (χ0n) is 15.3. The number of carbonyl (C=O) groups is 2. The van der Waals surface area contributed by atoms with Crippen molar-refractivity contribution in [2.75, 3.05) is 13.2 Å². The lowest BCUT2D eigenvalue weighted by atomic mass is 10.1. The fourth-order valence-electron chi connectivity index (χ4n) is 2.25. The monoisotopic (exact) mass is 406 g/mol. The Hall–Kier alpha value is -2.91. The zero-order chi connectivity index (χ0) is 20.6. The van der Waals surface area contributed by atoms with Gasteiger partial charge in [0.25, 0.3) is 5.91 Å². The molecule has 2 rings (SSSR count). The van der Waals surface area contributed by atoms with Crippen LogP contribution in [-0.4, -0.2) is 39.5 Å². The molecule has 0 aliphatic heterocycles. The molecule has 0 aromatic heterocycles. The molecule has 28 heavy (non-hydrogen) atoms. The van der Waals surface area contributed by atoms with Gasteiger partial charge in [-0.25, -0.2) is 18.4 Å². The van der Waals surface area contributed by atoms with Gasteiger partial charge < -0.3 is 14.8 Å². The summed E-state index contributed by atoms with van der Waals surface area (Å²) >= 11 is 0. The topological polar surface area (TPSA) is 125 Å². The van der Waals surface area contributed by atoms with E-state index >= 15 is 0 Å². The van der Waals surface area contributed by atoms with Gasteiger partial charge in [0.15, 0.2) is 12.7 Å². The van der Waals surface area contributed by atoms with Gasteiger partial charge in [-0.05, 0) is 43.2 Å². The molecule has 3 N–H and O–H groups in total. The Morgan fingerprint density at radius 3 is 2.32 bits per heavy atom. The van der Waals surface area contributed by atoms with Crippen LogP contribution in [0.15, 0.2) is 59.5 Å². The number of carbonyl (C=O) groups excluding carboxylic acids is 2. The van der Waals surface area contributed by atoms with Gasteiger partial charge in [-0.15, -0.1) is 0 Å². The van der Waals surface area contributed by atoms with Crippen molar-refractivity contribution in [1.29, 1.82) is 0 Å². The third kappa shape index (κ3) is 7.01. The van der Waals surface area contributed by atoms with E-state index in [0.29, 0.717) is 18.7 Å². The van der Waals surface area contributed by atoms with E-state index < -0.39 is 34.6 Å². The molecule has 0 aliphatic rings. The fraction of sp³-hybridized carbons (Fsp3) is 0.263. The number of ether oxygens (including phenoxy) is 2. The van der Waals surface area contributed by atoms with Crippen LogP contribution in [0.25, 0.3) is 0 Å². The lowest BCUT2D eigenvalue weighted by Gasteiger charge is -2.13. The lowest BCUT2D eigenvalue weighted by molar-refractivity contribution is -0.154. The molecular formula is C19H22N2O6S. The minimum absolute atomic E-state index is 0.0269. The second-order valence-electron chi connectivity index (χ2n) is 5.97. The van der Waals surface area contributed by atoms with Crippen molar-refractivity contribution in [2.24, 2.45) is 5.14 Å². The summed E-state index contributed by atoms with van der Waals surface area (Å²) in [6.45, 7) is 1.44. The maximum Gasteiger partial charge on any atom is 0.347 e. The second-order valence-corrected chi connectivity index (χ2v) is 7.53. The maximum absolute atomic E-state index is 11.9. The number of hydrogen-bond donors (Lipinski definition) is 2. The van der Waals surface area contributed by atoms with E-state index in [1.807, 2.05) is 6.07 Å². The van der Waals surface area contributed by atoms with Gasteiger partial charge in [-0.2, -0.15) is 0 Å². The Bertz CT molecular complexity index is 898. The first kappa shape index (κ1) is 21.4. The molecular weight excluding hydrogens is 384 g/mol. The molecule has 8 nitrogen and oxygen atoms in total. The van der Waals surface area contributed by atoms with Crippen molar-refractivity contribution in [1.82, 2.24) is 5.32 Å². The number of rotatable bonds is 9. The van der Waals surface area contributed by atoms with Crippen molar-refractivity contribution < 1.29 is 27.5 Å². The summed E-state index contributed by atoms with van der Waals surface area (Å²) in [5.74, 6) is -0.552. The Morgan fingerprint density at radius 1 is 1.07 bits per heavy atom. The average molecular weight is 406 g/mol. The summed E-state index contributed by atoms with van der Waals surface area (Å²) in [5, 5.41) is 7.65. The highest BCUT2D eigenvalue weighted by Gasteiger charge is 2.17. The molecule has 0 radical (unpaired) electrons. The predicted octanol–water partition coefficient (Wildman–Crippen LogP) is 1.00. The normalized spacial score (nSPS) is 12.1. The molecule has 1 atom stereocenters. The standard InChI is InChI=1S/C19H22N2O6S/c1-14(27-16-5-3-2-4-6-16)19(23)26-13-18(22)21-12-11-15-7-9-17(10-8-15)28(20,24)25/h2-10,14H,11-13H2,1H3,(H,21,22)(H2,20,24,25)/t14-/m1/s1. The number of amides is 1. The van der Waals surface area contributed by atoms with Gasteiger partial charge in [-0.1, -0.05) is 30.3 Å². The number of nitrogens with one attached hydrogen (secondary N) is 1. The van der Waals surface area contributed by atoms with Crippen LogP contribution < -0.4 is 15.2 Å². The Kier molecular flexibility index (Phi) is 7.53. The van der Waals surface area contributed by atoms with Crippen LogP contribution in [0.2, 0.25) is 0 Å². The quantitative estimate of drug-likeness (QED) is 0.599. The molecule has 2 aromatic rings. The van der Waals surface area contributed by atoms with Gasteiger partial charge in [0, 0.05) is 6.54 Å². The van der Waals surface area contributed by atoms with Gasteiger partial charge >= 0.3 is 5.97 Å². The number of hydrogen-bond acceptors (Lipinski definition) is 6. The van der Waals surface area contributed by atoms with E-state index in [1.165, 1.54) is 12.1 Å². The van der Waals surface area contributed by atoms with Crippen molar-refractivity contribution >= 4 is 21.9 Å². The van der Waals surface area contributed by atoms with Crippen LogP contribution >= 0.6 is 0 Å². The molecule has 0 saturated carbocycles. The highest BCUT2D eigenvalue weighted by atomic mass is 32.2. The summed E-state index contributed by atoms with van der Waals surface area (Å²) in [6.07, 6.45) is -0.356. The van der Waals surface area contributed by atoms with Crippen molar-refractivity contribution in [3.63, 3.8) is 0 Å². The molecule has 0 heterocycles. The van der Waals surface area contributed by atoms with Gasteiger partial charge in [-0.3, -0.25) is 4.79 Å². The number of benzene rings is 2. The molecule has 1 amide bonds. The minimum atomic E-state index is -3.72. The Labute approximate surface area is 163 Å². The maximum atomic E-state index is 11.9. The molecule has 9 heteroatoms. The summed E-state index contributed by atoms with van der Waals surface area (Å²) < 4.78 is 32.8.